The van der Waals surface area contributed by atoms with E-state index in [9.17, 15) is 0 Å². The Morgan fingerprint density at radius 3 is 2.85 bits per heavy atom. The lowest BCUT2D eigenvalue weighted by Crippen LogP contribution is -2.39. The minimum absolute atomic E-state index is 0. The number of likely N-dealkylation sites (N-methyl/N-ethyl adjacent to an activating group) is 1. The number of hydrogen-bond donors (Lipinski definition) is 1. The molecule has 0 aliphatic carbocycles. The Labute approximate surface area is 175 Å². The number of rotatable bonds is 6. The molecule has 0 unspecified atom stereocenters. The van der Waals surface area contributed by atoms with Crippen LogP contribution in [0.5, 0.6) is 0 Å². The number of nitrogens with one attached hydrogen (secondary N) is 1. The number of guanidine groups is 1. The van der Waals surface area contributed by atoms with E-state index >= 15 is 0 Å². The molecular weight excluding hydrogens is 457 g/mol. The number of thiophene rings is 1. The van der Waals surface area contributed by atoms with Crippen molar-refractivity contribution < 1.29 is 0 Å². The van der Waals surface area contributed by atoms with Crippen molar-refractivity contribution in [3.8, 4) is 5.69 Å². The molecule has 0 radical (unpaired) electrons. The molecule has 5 nitrogen and oxygen atoms in total. The Hall–Kier alpha value is -1.87. The first-order chi connectivity index (χ1) is 12.3. The highest BCUT2D eigenvalue weighted by Crippen LogP contribution is 2.11. The van der Waals surface area contributed by atoms with Gasteiger partial charge in [-0.05, 0) is 41.6 Å². The van der Waals surface area contributed by atoms with Crippen LogP contribution in [-0.2, 0) is 13.0 Å². The third-order valence-corrected chi connectivity index (χ3v) is 4.91. The first kappa shape index (κ1) is 20.4. The third kappa shape index (κ3) is 5.57. The van der Waals surface area contributed by atoms with Crippen molar-refractivity contribution in [3.63, 3.8) is 0 Å². The monoisotopic (exact) mass is 481 g/mol. The van der Waals surface area contributed by atoms with Gasteiger partial charge in [0.2, 0.25) is 0 Å². The molecule has 3 rings (SSSR count). The van der Waals surface area contributed by atoms with Crippen molar-refractivity contribution in [1.82, 2.24) is 20.0 Å². The van der Waals surface area contributed by atoms with E-state index in [1.165, 1.54) is 10.4 Å². The summed E-state index contributed by atoms with van der Waals surface area (Å²) in [5.74, 6) is 0.904. The van der Waals surface area contributed by atoms with Crippen LogP contribution in [0.25, 0.3) is 5.69 Å². The third-order valence-electron chi connectivity index (χ3n) is 3.98. The zero-order chi connectivity index (χ0) is 17.5. The first-order valence-corrected chi connectivity index (χ1v) is 9.17. The van der Waals surface area contributed by atoms with Crippen molar-refractivity contribution in [2.45, 2.75) is 13.0 Å². The van der Waals surface area contributed by atoms with E-state index < -0.39 is 0 Å². The summed E-state index contributed by atoms with van der Waals surface area (Å²) in [5.41, 5.74) is 2.26. The predicted octanol–water partition coefficient (Wildman–Crippen LogP) is 3.80. The molecule has 3 aromatic rings. The molecule has 2 aromatic heterocycles. The van der Waals surface area contributed by atoms with Crippen LogP contribution in [0.15, 0.2) is 65.2 Å². The van der Waals surface area contributed by atoms with Crippen LogP contribution in [0.3, 0.4) is 0 Å². The Morgan fingerprint density at radius 1 is 1.27 bits per heavy atom. The summed E-state index contributed by atoms with van der Waals surface area (Å²) >= 11 is 1.80. The van der Waals surface area contributed by atoms with E-state index in [2.05, 4.69) is 69.1 Å². The second-order valence-electron chi connectivity index (χ2n) is 5.77. The zero-order valence-electron chi connectivity index (χ0n) is 15.0. The second-order valence-corrected chi connectivity index (χ2v) is 6.80. The molecule has 0 atom stereocenters. The van der Waals surface area contributed by atoms with E-state index in [1.807, 2.05) is 24.0 Å². The van der Waals surface area contributed by atoms with Gasteiger partial charge in [0, 0.05) is 44.5 Å². The smallest absolute Gasteiger partial charge is 0.193 e. The first-order valence-electron chi connectivity index (χ1n) is 8.29. The number of aliphatic imine (C=N–C) groups is 1. The van der Waals surface area contributed by atoms with E-state index in [0.717, 1.165) is 31.2 Å². The Kier molecular flexibility index (Phi) is 8.11. The average Bonchev–Trinajstić information content (AvgIpc) is 3.34. The van der Waals surface area contributed by atoms with E-state index in [1.54, 1.807) is 17.5 Å². The number of benzene rings is 1. The molecule has 0 saturated heterocycles. The van der Waals surface area contributed by atoms with Crippen molar-refractivity contribution >= 4 is 41.3 Å². The summed E-state index contributed by atoms with van der Waals surface area (Å²) in [6.45, 7) is 1.67. The summed E-state index contributed by atoms with van der Waals surface area (Å²) in [4.78, 5) is 7.95. The van der Waals surface area contributed by atoms with Gasteiger partial charge in [-0.3, -0.25) is 4.99 Å². The largest absolute Gasteiger partial charge is 0.352 e. The molecule has 2 heterocycles. The fraction of sp³-hybridized carbons (Fsp3) is 0.263. The lowest BCUT2D eigenvalue weighted by molar-refractivity contribution is 0.486. The zero-order valence-corrected chi connectivity index (χ0v) is 18.1. The molecule has 0 amide bonds. The average molecular weight is 481 g/mol. The molecule has 0 aliphatic heterocycles. The fourth-order valence-corrected chi connectivity index (χ4v) is 3.33. The topological polar surface area (TPSA) is 45.5 Å². The second kappa shape index (κ2) is 10.3. The van der Waals surface area contributed by atoms with Crippen LogP contribution >= 0.6 is 35.3 Å². The minimum Gasteiger partial charge on any atom is -0.352 e. The molecule has 0 fully saturated rings. The molecule has 1 aromatic carbocycles. The summed E-state index contributed by atoms with van der Waals surface area (Å²) in [7, 11) is 3.90. The maximum absolute atomic E-state index is 4.39. The fourth-order valence-electron chi connectivity index (χ4n) is 2.63. The van der Waals surface area contributed by atoms with Gasteiger partial charge < -0.3 is 10.2 Å². The maximum atomic E-state index is 4.39. The van der Waals surface area contributed by atoms with Crippen molar-refractivity contribution in [2.24, 2.45) is 4.99 Å². The van der Waals surface area contributed by atoms with Gasteiger partial charge in [-0.25, -0.2) is 4.68 Å². The summed E-state index contributed by atoms with van der Waals surface area (Å²) in [5, 5.41) is 9.84. The predicted molar refractivity (Wildman–Crippen MR) is 120 cm³/mol. The van der Waals surface area contributed by atoms with Crippen LogP contribution < -0.4 is 5.32 Å². The van der Waals surface area contributed by atoms with Crippen LogP contribution in [0.2, 0.25) is 0 Å². The van der Waals surface area contributed by atoms with Crippen LogP contribution in [0, 0.1) is 0 Å². The molecule has 26 heavy (non-hydrogen) atoms. The van der Waals surface area contributed by atoms with Crippen molar-refractivity contribution in [1.29, 1.82) is 0 Å². The molecule has 138 valence electrons. The van der Waals surface area contributed by atoms with E-state index in [0.29, 0.717) is 0 Å². The molecule has 7 heteroatoms. The van der Waals surface area contributed by atoms with Gasteiger partial charge in [0.25, 0.3) is 0 Å². The molecular formula is C19H24IN5S. The van der Waals surface area contributed by atoms with Crippen molar-refractivity contribution in [3.05, 3.63) is 70.7 Å². The summed E-state index contributed by atoms with van der Waals surface area (Å²) in [6.07, 6.45) is 4.77. The normalized spacial score (nSPS) is 11.1. The lowest BCUT2D eigenvalue weighted by atomic mass is 10.2. The highest BCUT2D eigenvalue weighted by atomic mass is 127. The summed E-state index contributed by atoms with van der Waals surface area (Å²) in [6, 6.07) is 14.6. The maximum Gasteiger partial charge on any atom is 0.193 e. The SMILES string of the molecule is CN=C(NCc1cccc(-n2cccn2)c1)N(C)CCc1cccs1.I. The molecule has 0 bridgehead atoms. The van der Waals surface area contributed by atoms with Gasteiger partial charge in [0.15, 0.2) is 5.96 Å². The Balaban J connectivity index is 0.00000243. The number of halogens is 1. The van der Waals surface area contributed by atoms with Crippen LogP contribution in [0.4, 0.5) is 0 Å². The standard InChI is InChI=1S/C19H23N5S.HI/c1-20-19(23(2)12-9-18-8-4-13-25-18)21-15-16-6-3-7-17(14-16)24-11-5-10-22-24;/h3-8,10-11,13-14H,9,12,15H2,1-2H3,(H,20,21);1H. The number of aromatic nitrogens is 2. The van der Waals surface area contributed by atoms with Gasteiger partial charge >= 0.3 is 0 Å². The molecule has 0 aliphatic rings. The van der Waals surface area contributed by atoms with Crippen molar-refractivity contribution in [2.75, 3.05) is 20.6 Å². The highest BCUT2D eigenvalue weighted by Gasteiger charge is 2.07. The minimum atomic E-state index is 0. The van der Waals surface area contributed by atoms with Gasteiger partial charge in [-0.15, -0.1) is 35.3 Å². The van der Waals surface area contributed by atoms with Gasteiger partial charge in [-0.2, -0.15) is 5.10 Å². The summed E-state index contributed by atoms with van der Waals surface area (Å²) < 4.78 is 1.87. The van der Waals surface area contributed by atoms with Gasteiger partial charge in [0.1, 0.15) is 0 Å². The van der Waals surface area contributed by atoms with E-state index in [4.69, 9.17) is 0 Å². The number of nitrogens with zero attached hydrogens (tertiary/aromatic N) is 4. The van der Waals surface area contributed by atoms with Gasteiger partial charge in [-0.1, -0.05) is 18.2 Å². The van der Waals surface area contributed by atoms with Gasteiger partial charge in [0.05, 0.1) is 5.69 Å². The highest BCUT2D eigenvalue weighted by molar-refractivity contribution is 14.0. The molecule has 0 spiro atoms. The lowest BCUT2D eigenvalue weighted by Gasteiger charge is -2.22. The Bertz CT molecular complexity index is 799. The Morgan fingerprint density at radius 2 is 2.15 bits per heavy atom. The van der Waals surface area contributed by atoms with E-state index in [-0.39, 0.29) is 24.0 Å². The quantitative estimate of drug-likeness (QED) is 0.331. The van der Waals surface area contributed by atoms with Crippen LogP contribution in [0.1, 0.15) is 10.4 Å². The molecule has 0 saturated carbocycles. The van der Waals surface area contributed by atoms with Crippen LogP contribution in [-0.4, -0.2) is 41.3 Å². The molecule has 1 N–H and O–H groups in total. The number of hydrogen-bond acceptors (Lipinski definition) is 3.